The Morgan fingerprint density at radius 1 is 1.29 bits per heavy atom. The minimum Gasteiger partial charge on any atom is -0.393 e. The third kappa shape index (κ3) is 4.27. The quantitative estimate of drug-likeness (QED) is 0.832. The van der Waals surface area contributed by atoms with Crippen molar-refractivity contribution in [2.75, 3.05) is 6.54 Å². The van der Waals surface area contributed by atoms with Crippen molar-refractivity contribution in [3.05, 3.63) is 35.4 Å². The summed E-state index contributed by atoms with van der Waals surface area (Å²) in [5.41, 5.74) is 2.59. The van der Waals surface area contributed by atoms with E-state index in [1.54, 1.807) is 0 Å². The average Bonchev–Trinajstić information content (AvgIpc) is 2.33. The van der Waals surface area contributed by atoms with Crippen LogP contribution in [0.2, 0.25) is 0 Å². The van der Waals surface area contributed by atoms with Gasteiger partial charge in [-0.15, -0.1) is 0 Å². The van der Waals surface area contributed by atoms with Crippen LogP contribution in [0.25, 0.3) is 0 Å². The van der Waals surface area contributed by atoms with Gasteiger partial charge in [-0.2, -0.15) is 0 Å². The van der Waals surface area contributed by atoms with Crippen molar-refractivity contribution in [1.82, 2.24) is 5.32 Å². The summed E-state index contributed by atoms with van der Waals surface area (Å²) in [4.78, 5) is 0.812. The second kappa shape index (κ2) is 6.05. The van der Waals surface area contributed by atoms with Gasteiger partial charge in [0.05, 0.1) is 6.10 Å². The Balaban J connectivity index is 2.02. The van der Waals surface area contributed by atoms with Gasteiger partial charge in [-0.05, 0) is 42.6 Å². The molecule has 0 amide bonds. The van der Waals surface area contributed by atoms with Crippen molar-refractivity contribution in [2.24, 2.45) is 10.8 Å². The summed E-state index contributed by atoms with van der Waals surface area (Å²) in [6, 6.07) is 8.19. The van der Waals surface area contributed by atoms with Crippen LogP contribution in [0.3, 0.4) is 0 Å². The monoisotopic (exact) mass is 305 g/mol. The molecule has 116 valence electrons. The van der Waals surface area contributed by atoms with Crippen LogP contribution in [0.5, 0.6) is 0 Å². The first-order chi connectivity index (χ1) is 9.71. The second-order valence-electron chi connectivity index (χ2n) is 7.71. The number of benzene rings is 1. The zero-order chi connectivity index (χ0) is 15.7. The maximum atomic E-state index is 10.1. The van der Waals surface area contributed by atoms with Crippen molar-refractivity contribution in [3.8, 4) is 0 Å². The molecule has 2 atom stereocenters. The van der Waals surface area contributed by atoms with E-state index in [9.17, 15) is 5.11 Å². The number of thiocarbonyl (C=S) groups is 1. The molecule has 1 aliphatic carbocycles. The summed E-state index contributed by atoms with van der Waals surface area (Å²) in [5, 5.41) is 13.6. The Bertz CT molecular complexity index is 526. The number of aryl methyl sites for hydroxylation is 1. The maximum absolute atomic E-state index is 10.1. The molecule has 1 aromatic carbocycles. The predicted octanol–water partition coefficient (Wildman–Crippen LogP) is 3.84. The van der Waals surface area contributed by atoms with Gasteiger partial charge in [0.25, 0.3) is 0 Å². The molecular weight excluding hydrogens is 278 g/mol. The molecule has 0 bridgehead atoms. The highest BCUT2D eigenvalue weighted by molar-refractivity contribution is 7.80. The smallest absolute Gasteiger partial charge is 0.106 e. The zero-order valence-corrected chi connectivity index (χ0v) is 14.4. The van der Waals surface area contributed by atoms with Crippen LogP contribution in [-0.2, 0) is 0 Å². The molecule has 0 radical (unpaired) electrons. The molecule has 2 rings (SSSR count). The molecule has 0 unspecified atom stereocenters. The van der Waals surface area contributed by atoms with E-state index < -0.39 is 0 Å². The highest BCUT2D eigenvalue weighted by atomic mass is 32.1. The molecule has 0 spiro atoms. The van der Waals surface area contributed by atoms with Crippen LogP contribution >= 0.6 is 12.2 Å². The van der Waals surface area contributed by atoms with Crippen LogP contribution in [0.1, 0.15) is 51.2 Å². The van der Waals surface area contributed by atoms with Crippen LogP contribution in [0.4, 0.5) is 0 Å². The highest BCUT2D eigenvalue weighted by Crippen LogP contribution is 2.45. The fraction of sp³-hybridized carbons (Fsp3) is 0.611. The summed E-state index contributed by atoms with van der Waals surface area (Å²) in [6.45, 7) is 9.64. The maximum Gasteiger partial charge on any atom is 0.106 e. The first-order valence-electron chi connectivity index (χ1n) is 7.73. The lowest BCUT2D eigenvalue weighted by atomic mass is 9.63. The number of rotatable bonds is 3. The Morgan fingerprint density at radius 3 is 2.57 bits per heavy atom. The van der Waals surface area contributed by atoms with E-state index in [1.165, 1.54) is 5.56 Å². The number of aliphatic hydroxyl groups excluding tert-OH is 1. The molecule has 1 fully saturated rings. The van der Waals surface area contributed by atoms with Gasteiger partial charge in [0, 0.05) is 12.1 Å². The van der Waals surface area contributed by atoms with E-state index in [4.69, 9.17) is 12.2 Å². The largest absolute Gasteiger partial charge is 0.393 e. The van der Waals surface area contributed by atoms with Gasteiger partial charge in [-0.1, -0.05) is 57.3 Å². The lowest BCUT2D eigenvalue weighted by molar-refractivity contribution is -0.00679. The van der Waals surface area contributed by atoms with Gasteiger partial charge >= 0.3 is 0 Å². The molecule has 0 aromatic heterocycles. The third-order valence-corrected chi connectivity index (χ3v) is 4.85. The Kier molecular flexibility index (Phi) is 4.74. The van der Waals surface area contributed by atoms with E-state index in [0.29, 0.717) is 0 Å². The fourth-order valence-electron chi connectivity index (χ4n) is 3.93. The van der Waals surface area contributed by atoms with E-state index in [0.717, 1.165) is 36.4 Å². The topological polar surface area (TPSA) is 32.3 Å². The van der Waals surface area contributed by atoms with Gasteiger partial charge in [0.15, 0.2) is 0 Å². The standard InChI is InChI=1S/C18H27NOS/c1-13-7-5-6-8-15(13)16(21)19-12-18(4)10-14(20)9-17(2,3)11-18/h5-8,14,20H,9-12H2,1-4H3,(H,19,21)/t14-,18+/m1/s1. The molecule has 2 N–H and O–H groups in total. The highest BCUT2D eigenvalue weighted by Gasteiger charge is 2.40. The van der Waals surface area contributed by atoms with Gasteiger partial charge in [-0.25, -0.2) is 0 Å². The Morgan fingerprint density at radius 2 is 1.95 bits per heavy atom. The lowest BCUT2D eigenvalue weighted by Crippen LogP contribution is -2.45. The number of hydrogen-bond donors (Lipinski definition) is 2. The first-order valence-corrected chi connectivity index (χ1v) is 8.14. The summed E-state index contributed by atoms with van der Waals surface area (Å²) in [6.07, 6.45) is 2.65. The summed E-state index contributed by atoms with van der Waals surface area (Å²) < 4.78 is 0. The van der Waals surface area contributed by atoms with Crippen molar-refractivity contribution >= 4 is 17.2 Å². The van der Waals surface area contributed by atoms with E-state index in [1.807, 2.05) is 12.1 Å². The predicted molar refractivity (Wildman–Crippen MR) is 92.6 cm³/mol. The van der Waals surface area contributed by atoms with Crippen molar-refractivity contribution in [3.63, 3.8) is 0 Å². The van der Waals surface area contributed by atoms with Gasteiger partial charge in [0.1, 0.15) is 4.99 Å². The zero-order valence-electron chi connectivity index (χ0n) is 13.6. The van der Waals surface area contributed by atoms with E-state index in [2.05, 4.69) is 45.1 Å². The van der Waals surface area contributed by atoms with Crippen molar-refractivity contribution < 1.29 is 5.11 Å². The van der Waals surface area contributed by atoms with Gasteiger partial charge in [-0.3, -0.25) is 0 Å². The van der Waals surface area contributed by atoms with Crippen LogP contribution in [-0.4, -0.2) is 22.7 Å². The van der Waals surface area contributed by atoms with Gasteiger partial charge in [0.2, 0.25) is 0 Å². The third-order valence-electron chi connectivity index (χ3n) is 4.49. The molecule has 0 saturated heterocycles. The van der Waals surface area contributed by atoms with Crippen LogP contribution in [0.15, 0.2) is 24.3 Å². The second-order valence-corrected chi connectivity index (χ2v) is 8.12. The molecule has 0 heterocycles. The van der Waals surface area contributed by atoms with Crippen LogP contribution in [0, 0.1) is 17.8 Å². The Labute approximate surface area is 134 Å². The molecule has 1 aromatic rings. The molecule has 1 aliphatic rings. The fourth-order valence-corrected chi connectivity index (χ4v) is 4.23. The summed E-state index contributed by atoms with van der Waals surface area (Å²) >= 11 is 5.54. The molecule has 21 heavy (non-hydrogen) atoms. The SMILES string of the molecule is Cc1ccccc1C(=S)NC[C@@]1(C)C[C@H](O)CC(C)(C)C1. The molecule has 0 aliphatic heterocycles. The van der Waals surface area contributed by atoms with Gasteiger partial charge < -0.3 is 10.4 Å². The molecule has 1 saturated carbocycles. The molecular formula is C18H27NOS. The minimum absolute atomic E-state index is 0.0912. The summed E-state index contributed by atoms with van der Waals surface area (Å²) in [7, 11) is 0. The van der Waals surface area contributed by atoms with E-state index >= 15 is 0 Å². The molecule has 2 nitrogen and oxygen atoms in total. The van der Waals surface area contributed by atoms with E-state index in [-0.39, 0.29) is 16.9 Å². The first kappa shape index (κ1) is 16.4. The number of nitrogens with one attached hydrogen (secondary N) is 1. The summed E-state index contributed by atoms with van der Waals surface area (Å²) in [5.74, 6) is 0. The van der Waals surface area contributed by atoms with Crippen LogP contribution < -0.4 is 5.32 Å². The number of hydrogen-bond acceptors (Lipinski definition) is 2. The lowest BCUT2D eigenvalue weighted by Gasteiger charge is -2.45. The van der Waals surface area contributed by atoms with Crippen molar-refractivity contribution in [1.29, 1.82) is 0 Å². The normalized spacial score (nSPS) is 28.1. The Hall–Kier alpha value is -0.930. The molecule has 3 heteroatoms. The number of aliphatic hydroxyl groups is 1. The average molecular weight is 305 g/mol. The van der Waals surface area contributed by atoms with Crippen molar-refractivity contribution in [2.45, 2.75) is 53.1 Å². The minimum atomic E-state index is -0.201.